The minimum atomic E-state index is 0.885. The van der Waals surface area contributed by atoms with Crippen molar-refractivity contribution in [3.63, 3.8) is 0 Å². The number of rotatable bonds is 6. The standard InChI is InChI=1S/C20H30N4/c1-23(2,3)15-17-7-11-19(12-8-17)21-22-20-13-9-18(10-14-20)16-24(4,5)6/h7-14H,15-16H2,1-6H3/q+2. The quantitative estimate of drug-likeness (QED) is 0.551. The third-order valence-electron chi connectivity index (χ3n) is 3.47. The lowest BCUT2D eigenvalue weighted by Gasteiger charge is -2.23. The van der Waals surface area contributed by atoms with E-state index in [1.54, 1.807) is 0 Å². The summed E-state index contributed by atoms with van der Waals surface area (Å²) >= 11 is 0. The molecule has 0 aromatic heterocycles. The maximum absolute atomic E-state index is 4.33. The Hall–Kier alpha value is -2.04. The average Bonchev–Trinajstić information content (AvgIpc) is 2.45. The molecule has 0 heterocycles. The molecule has 0 amide bonds. The summed E-state index contributed by atoms with van der Waals surface area (Å²) < 4.78 is 1.83. The van der Waals surface area contributed by atoms with Crippen molar-refractivity contribution in [2.24, 2.45) is 10.2 Å². The summed E-state index contributed by atoms with van der Waals surface area (Å²) in [6, 6.07) is 16.6. The predicted molar refractivity (Wildman–Crippen MR) is 101 cm³/mol. The Kier molecular flexibility index (Phi) is 5.52. The molecule has 24 heavy (non-hydrogen) atoms. The van der Waals surface area contributed by atoms with Gasteiger partial charge in [-0.1, -0.05) is 24.3 Å². The maximum Gasteiger partial charge on any atom is 0.104 e. The van der Waals surface area contributed by atoms with Crippen LogP contribution in [0.1, 0.15) is 11.1 Å². The summed E-state index contributed by atoms with van der Waals surface area (Å²) in [5.41, 5.74) is 4.39. The van der Waals surface area contributed by atoms with E-state index in [0.717, 1.165) is 33.4 Å². The molecule has 4 heteroatoms. The fourth-order valence-corrected chi connectivity index (χ4v) is 2.55. The number of azo groups is 1. The fourth-order valence-electron chi connectivity index (χ4n) is 2.55. The van der Waals surface area contributed by atoms with E-state index in [2.05, 4.69) is 76.8 Å². The van der Waals surface area contributed by atoms with E-state index >= 15 is 0 Å². The molecule has 2 rings (SSSR count). The Bertz CT molecular complexity index is 610. The van der Waals surface area contributed by atoms with Crippen molar-refractivity contribution in [2.45, 2.75) is 13.1 Å². The molecule has 0 aliphatic carbocycles. The smallest absolute Gasteiger partial charge is 0.104 e. The second-order valence-corrected chi connectivity index (χ2v) is 8.43. The van der Waals surface area contributed by atoms with E-state index in [1.165, 1.54) is 11.1 Å². The highest BCUT2D eigenvalue weighted by atomic mass is 15.3. The van der Waals surface area contributed by atoms with Crippen molar-refractivity contribution >= 4 is 11.4 Å². The lowest BCUT2D eigenvalue weighted by Crippen LogP contribution is -2.33. The molecule has 0 unspecified atom stereocenters. The summed E-state index contributed by atoms with van der Waals surface area (Å²) in [6.07, 6.45) is 0. The Balaban J connectivity index is 2.00. The molecule has 0 saturated heterocycles. The number of hydrogen-bond donors (Lipinski definition) is 0. The molecular formula is C20H30N4+2. The molecule has 0 atom stereocenters. The molecule has 0 bridgehead atoms. The monoisotopic (exact) mass is 326 g/mol. The van der Waals surface area contributed by atoms with Crippen LogP contribution in [0.15, 0.2) is 58.8 Å². The zero-order valence-electron chi connectivity index (χ0n) is 15.8. The molecule has 0 saturated carbocycles. The van der Waals surface area contributed by atoms with Crippen LogP contribution in [0.3, 0.4) is 0 Å². The van der Waals surface area contributed by atoms with Gasteiger partial charge < -0.3 is 8.97 Å². The van der Waals surface area contributed by atoms with Gasteiger partial charge in [-0.3, -0.25) is 0 Å². The predicted octanol–water partition coefficient (Wildman–Crippen LogP) is 4.51. The van der Waals surface area contributed by atoms with Gasteiger partial charge in [0.1, 0.15) is 13.1 Å². The van der Waals surface area contributed by atoms with Gasteiger partial charge in [0.2, 0.25) is 0 Å². The molecule has 2 aromatic rings. The SMILES string of the molecule is C[N+](C)(C)Cc1ccc(N=Nc2ccc(C[N+](C)(C)C)cc2)cc1. The summed E-state index contributed by atoms with van der Waals surface area (Å²) in [4.78, 5) is 0. The van der Waals surface area contributed by atoms with Crippen molar-refractivity contribution in [1.29, 1.82) is 0 Å². The van der Waals surface area contributed by atoms with Gasteiger partial charge in [0.05, 0.1) is 53.7 Å². The third-order valence-corrected chi connectivity index (χ3v) is 3.47. The minimum Gasteiger partial charge on any atom is -0.327 e. The first kappa shape index (κ1) is 18.3. The van der Waals surface area contributed by atoms with Crippen LogP contribution in [0.2, 0.25) is 0 Å². The molecule has 4 nitrogen and oxygen atoms in total. The highest BCUT2D eigenvalue weighted by Crippen LogP contribution is 2.20. The molecule has 0 aliphatic heterocycles. The van der Waals surface area contributed by atoms with Gasteiger partial charge in [0, 0.05) is 11.1 Å². The normalized spacial score (nSPS) is 12.8. The summed E-state index contributed by atoms with van der Waals surface area (Å²) in [6.45, 7) is 2.01. The molecule has 0 aliphatic rings. The van der Waals surface area contributed by atoms with Gasteiger partial charge in [-0.25, -0.2) is 0 Å². The van der Waals surface area contributed by atoms with Crippen LogP contribution in [0.25, 0.3) is 0 Å². The zero-order chi connectivity index (χ0) is 17.8. The van der Waals surface area contributed by atoms with E-state index in [4.69, 9.17) is 0 Å². The second kappa shape index (κ2) is 7.24. The lowest BCUT2D eigenvalue weighted by atomic mass is 10.2. The van der Waals surface area contributed by atoms with E-state index in [1.807, 2.05) is 24.3 Å². The highest BCUT2D eigenvalue weighted by molar-refractivity contribution is 5.41. The molecule has 0 radical (unpaired) electrons. The van der Waals surface area contributed by atoms with E-state index < -0.39 is 0 Å². The molecule has 0 fully saturated rings. The zero-order valence-corrected chi connectivity index (χ0v) is 15.8. The van der Waals surface area contributed by atoms with Crippen molar-refractivity contribution in [1.82, 2.24) is 0 Å². The first-order chi connectivity index (χ1) is 11.1. The Morgan fingerprint density at radius 1 is 0.542 bits per heavy atom. The first-order valence-corrected chi connectivity index (χ1v) is 8.31. The van der Waals surface area contributed by atoms with Gasteiger partial charge in [-0.2, -0.15) is 10.2 Å². The number of benzene rings is 2. The van der Waals surface area contributed by atoms with Crippen LogP contribution in [-0.2, 0) is 13.1 Å². The van der Waals surface area contributed by atoms with Crippen LogP contribution in [-0.4, -0.2) is 51.3 Å². The highest BCUT2D eigenvalue weighted by Gasteiger charge is 2.09. The van der Waals surface area contributed by atoms with Gasteiger partial charge in [-0.15, -0.1) is 0 Å². The summed E-state index contributed by atoms with van der Waals surface area (Å²) in [5, 5.41) is 8.67. The van der Waals surface area contributed by atoms with Crippen LogP contribution < -0.4 is 0 Å². The Labute approximate surface area is 146 Å². The summed E-state index contributed by atoms with van der Waals surface area (Å²) in [5.74, 6) is 0. The Morgan fingerprint density at radius 2 is 0.833 bits per heavy atom. The van der Waals surface area contributed by atoms with Crippen molar-refractivity contribution < 1.29 is 8.97 Å². The van der Waals surface area contributed by atoms with Gasteiger partial charge in [0.25, 0.3) is 0 Å². The van der Waals surface area contributed by atoms with Crippen molar-refractivity contribution in [3.8, 4) is 0 Å². The molecule has 2 aromatic carbocycles. The van der Waals surface area contributed by atoms with Crippen molar-refractivity contribution in [3.05, 3.63) is 59.7 Å². The molecule has 128 valence electrons. The van der Waals surface area contributed by atoms with Crippen LogP contribution in [0.5, 0.6) is 0 Å². The lowest BCUT2D eigenvalue weighted by molar-refractivity contribution is -0.884. The van der Waals surface area contributed by atoms with Crippen LogP contribution in [0, 0.1) is 0 Å². The topological polar surface area (TPSA) is 24.7 Å². The second-order valence-electron chi connectivity index (χ2n) is 8.43. The van der Waals surface area contributed by atoms with E-state index in [0.29, 0.717) is 0 Å². The fraction of sp³-hybridized carbons (Fsp3) is 0.400. The van der Waals surface area contributed by atoms with Crippen LogP contribution >= 0.6 is 0 Å². The van der Waals surface area contributed by atoms with E-state index in [-0.39, 0.29) is 0 Å². The summed E-state index contributed by atoms with van der Waals surface area (Å²) in [7, 11) is 13.1. The van der Waals surface area contributed by atoms with Crippen molar-refractivity contribution in [2.75, 3.05) is 42.3 Å². The number of hydrogen-bond acceptors (Lipinski definition) is 2. The Morgan fingerprint density at radius 3 is 1.08 bits per heavy atom. The first-order valence-electron chi connectivity index (χ1n) is 8.31. The molecule has 0 N–H and O–H groups in total. The number of quaternary nitrogens is 2. The van der Waals surface area contributed by atoms with Gasteiger partial charge in [0.15, 0.2) is 0 Å². The molecular weight excluding hydrogens is 296 g/mol. The van der Waals surface area contributed by atoms with Gasteiger partial charge in [-0.05, 0) is 24.3 Å². The molecule has 0 spiro atoms. The maximum atomic E-state index is 4.33. The third kappa shape index (κ3) is 6.60. The van der Waals surface area contributed by atoms with Gasteiger partial charge >= 0.3 is 0 Å². The van der Waals surface area contributed by atoms with E-state index in [9.17, 15) is 0 Å². The van der Waals surface area contributed by atoms with Crippen LogP contribution in [0.4, 0.5) is 11.4 Å². The minimum absolute atomic E-state index is 0.885. The largest absolute Gasteiger partial charge is 0.327 e. The number of nitrogens with zero attached hydrogens (tertiary/aromatic N) is 4. The average molecular weight is 326 g/mol.